The first-order valence-electron chi connectivity index (χ1n) is 6.33. The number of methoxy groups -OCH3 is 1. The van der Waals surface area contributed by atoms with Crippen molar-refractivity contribution in [2.75, 3.05) is 19.5 Å². The molecule has 1 unspecified atom stereocenters. The Labute approximate surface area is 113 Å². The maximum Gasteiger partial charge on any atom is 0.255 e. The topological polar surface area (TPSA) is 84.6 Å². The van der Waals surface area contributed by atoms with E-state index in [-0.39, 0.29) is 18.6 Å². The van der Waals surface area contributed by atoms with Gasteiger partial charge in [-0.2, -0.15) is 0 Å². The number of nitrogens with two attached hydrogens (primary N) is 1. The number of nitrogen functional groups attached to an aromatic ring is 1. The smallest absolute Gasteiger partial charge is 0.255 e. The van der Waals surface area contributed by atoms with Crippen LogP contribution in [0, 0.1) is 5.92 Å². The lowest BCUT2D eigenvalue weighted by Crippen LogP contribution is -2.38. The van der Waals surface area contributed by atoms with Gasteiger partial charge < -0.3 is 20.9 Å². The molecule has 0 aliphatic rings. The number of ether oxygens (including phenoxy) is 1. The van der Waals surface area contributed by atoms with Gasteiger partial charge in [0.1, 0.15) is 5.75 Å². The zero-order valence-electron chi connectivity index (χ0n) is 11.6. The third kappa shape index (κ3) is 4.44. The predicted molar refractivity (Wildman–Crippen MR) is 75.2 cm³/mol. The lowest BCUT2D eigenvalue weighted by molar-refractivity contribution is 0.0905. The molecule has 0 aromatic heterocycles. The molecule has 5 nitrogen and oxygen atoms in total. The summed E-state index contributed by atoms with van der Waals surface area (Å²) in [6.07, 6.45) is 0.715. The molecular weight excluding hydrogens is 244 g/mol. The van der Waals surface area contributed by atoms with Crippen LogP contribution in [-0.4, -0.2) is 30.8 Å². The second-order valence-electron chi connectivity index (χ2n) is 4.94. The summed E-state index contributed by atoms with van der Waals surface area (Å²) in [7, 11) is 1.50. The maximum absolute atomic E-state index is 12.2. The molecule has 0 saturated heterocycles. The van der Waals surface area contributed by atoms with Crippen LogP contribution in [0.25, 0.3) is 0 Å². The van der Waals surface area contributed by atoms with Crippen LogP contribution in [0.15, 0.2) is 18.2 Å². The summed E-state index contributed by atoms with van der Waals surface area (Å²) < 4.78 is 5.14. The Hall–Kier alpha value is -1.75. The van der Waals surface area contributed by atoms with E-state index in [0.29, 0.717) is 29.3 Å². The Morgan fingerprint density at radius 2 is 2.16 bits per heavy atom. The summed E-state index contributed by atoms with van der Waals surface area (Å²) in [5, 5.41) is 12.1. The number of aliphatic hydroxyl groups excluding tert-OH is 1. The number of hydrogen-bond acceptors (Lipinski definition) is 4. The molecule has 0 aliphatic carbocycles. The van der Waals surface area contributed by atoms with Crippen molar-refractivity contribution in [2.45, 2.75) is 26.3 Å². The standard InChI is InChI=1S/C14H22N2O3/c1-9(2)6-11(8-17)16-14(18)12-7-10(15)4-5-13(12)19-3/h4-5,7,9,11,17H,6,8,15H2,1-3H3,(H,16,18). The quantitative estimate of drug-likeness (QED) is 0.680. The van der Waals surface area contributed by atoms with Gasteiger partial charge in [0.25, 0.3) is 5.91 Å². The molecule has 4 N–H and O–H groups in total. The molecule has 0 fully saturated rings. The van der Waals surface area contributed by atoms with Crippen molar-refractivity contribution in [3.63, 3.8) is 0 Å². The molecule has 106 valence electrons. The van der Waals surface area contributed by atoms with Crippen LogP contribution >= 0.6 is 0 Å². The fourth-order valence-electron chi connectivity index (χ4n) is 1.91. The van der Waals surface area contributed by atoms with Crippen LogP contribution in [0.4, 0.5) is 5.69 Å². The Morgan fingerprint density at radius 3 is 2.68 bits per heavy atom. The number of nitrogens with one attached hydrogen (secondary N) is 1. The molecule has 0 aliphatic heterocycles. The number of carbonyl (C=O) groups excluding carboxylic acids is 1. The highest BCUT2D eigenvalue weighted by atomic mass is 16.5. The van der Waals surface area contributed by atoms with Crippen molar-refractivity contribution >= 4 is 11.6 Å². The van der Waals surface area contributed by atoms with E-state index < -0.39 is 0 Å². The van der Waals surface area contributed by atoms with Crippen molar-refractivity contribution in [2.24, 2.45) is 5.92 Å². The Kier molecular flexibility index (Phi) is 5.63. The fraction of sp³-hybridized carbons (Fsp3) is 0.500. The van der Waals surface area contributed by atoms with Crippen LogP contribution in [-0.2, 0) is 0 Å². The Balaban J connectivity index is 2.84. The minimum atomic E-state index is -0.288. The molecule has 0 radical (unpaired) electrons. The second-order valence-corrected chi connectivity index (χ2v) is 4.94. The molecule has 1 rings (SSSR count). The van der Waals surface area contributed by atoms with Crippen molar-refractivity contribution in [3.05, 3.63) is 23.8 Å². The molecule has 19 heavy (non-hydrogen) atoms. The van der Waals surface area contributed by atoms with E-state index in [9.17, 15) is 9.90 Å². The molecule has 1 aromatic carbocycles. The molecule has 5 heteroatoms. The molecule has 1 atom stereocenters. The Bertz CT molecular complexity index is 433. The third-order valence-electron chi connectivity index (χ3n) is 2.78. The van der Waals surface area contributed by atoms with Gasteiger partial charge in [0.15, 0.2) is 0 Å². The summed E-state index contributed by atoms with van der Waals surface area (Å²) in [5.41, 5.74) is 6.55. The van der Waals surface area contributed by atoms with Crippen LogP contribution in [0.3, 0.4) is 0 Å². The van der Waals surface area contributed by atoms with Crippen LogP contribution in [0.2, 0.25) is 0 Å². The normalized spacial score (nSPS) is 12.3. The first kappa shape index (κ1) is 15.3. The number of rotatable bonds is 6. The minimum absolute atomic E-state index is 0.0887. The zero-order chi connectivity index (χ0) is 14.4. The average molecular weight is 266 g/mol. The molecule has 0 saturated carbocycles. The largest absolute Gasteiger partial charge is 0.496 e. The predicted octanol–water partition coefficient (Wildman–Crippen LogP) is 1.41. The maximum atomic E-state index is 12.2. The molecule has 1 aromatic rings. The number of aliphatic hydroxyl groups is 1. The molecule has 0 heterocycles. The van der Waals surface area contributed by atoms with Gasteiger partial charge in [0.05, 0.1) is 25.3 Å². The van der Waals surface area contributed by atoms with Gasteiger partial charge in [-0.3, -0.25) is 4.79 Å². The average Bonchev–Trinajstić information content (AvgIpc) is 2.37. The third-order valence-corrected chi connectivity index (χ3v) is 2.78. The number of anilines is 1. The van der Waals surface area contributed by atoms with Crippen molar-refractivity contribution in [1.82, 2.24) is 5.32 Å². The first-order valence-corrected chi connectivity index (χ1v) is 6.33. The van der Waals surface area contributed by atoms with Crippen molar-refractivity contribution < 1.29 is 14.6 Å². The number of carbonyl (C=O) groups is 1. The number of benzene rings is 1. The molecular formula is C14H22N2O3. The summed E-state index contributed by atoms with van der Waals surface area (Å²) in [5.74, 6) is 0.567. The van der Waals surface area contributed by atoms with Gasteiger partial charge in [0.2, 0.25) is 0 Å². The van der Waals surface area contributed by atoms with Gasteiger partial charge in [-0.25, -0.2) is 0 Å². The minimum Gasteiger partial charge on any atom is -0.496 e. The second kappa shape index (κ2) is 6.99. The fourth-order valence-corrected chi connectivity index (χ4v) is 1.91. The first-order chi connectivity index (χ1) is 8.97. The van der Waals surface area contributed by atoms with Crippen LogP contribution in [0.5, 0.6) is 5.75 Å². The molecule has 0 spiro atoms. The number of hydrogen-bond donors (Lipinski definition) is 3. The van der Waals surface area contributed by atoms with E-state index in [1.807, 2.05) is 13.8 Å². The lowest BCUT2D eigenvalue weighted by atomic mass is 10.0. The van der Waals surface area contributed by atoms with Crippen molar-refractivity contribution in [3.8, 4) is 5.75 Å². The molecule has 1 amide bonds. The van der Waals surface area contributed by atoms with Gasteiger partial charge >= 0.3 is 0 Å². The molecule has 0 bridgehead atoms. The van der Waals surface area contributed by atoms with E-state index in [0.717, 1.165) is 0 Å². The van der Waals surface area contributed by atoms with Gasteiger partial charge in [-0.15, -0.1) is 0 Å². The van der Waals surface area contributed by atoms with Crippen molar-refractivity contribution in [1.29, 1.82) is 0 Å². The highest BCUT2D eigenvalue weighted by molar-refractivity contribution is 5.98. The van der Waals surface area contributed by atoms with E-state index in [1.165, 1.54) is 7.11 Å². The SMILES string of the molecule is COc1ccc(N)cc1C(=O)NC(CO)CC(C)C. The van der Waals surface area contributed by atoms with Gasteiger partial charge in [-0.1, -0.05) is 13.8 Å². The zero-order valence-corrected chi connectivity index (χ0v) is 11.6. The van der Waals surface area contributed by atoms with E-state index in [2.05, 4.69) is 5.32 Å². The summed E-state index contributed by atoms with van der Waals surface area (Å²) >= 11 is 0. The summed E-state index contributed by atoms with van der Waals surface area (Å²) in [4.78, 5) is 12.2. The van der Waals surface area contributed by atoms with E-state index in [4.69, 9.17) is 10.5 Å². The highest BCUT2D eigenvalue weighted by Gasteiger charge is 2.17. The Morgan fingerprint density at radius 1 is 1.47 bits per heavy atom. The van der Waals surface area contributed by atoms with E-state index in [1.54, 1.807) is 18.2 Å². The monoisotopic (exact) mass is 266 g/mol. The lowest BCUT2D eigenvalue weighted by Gasteiger charge is -2.19. The van der Waals surface area contributed by atoms with Gasteiger partial charge in [0, 0.05) is 5.69 Å². The van der Waals surface area contributed by atoms with Gasteiger partial charge in [-0.05, 0) is 30.5 Å². The van der Waals surface area contributed by atoms with Crippen LogP contribution in [0.1, 0.15) is 30.6 Å². The van der Waals surface area contributed by atoms with E-state index >= 15 is 0 Å². The summed E-state index contributed by atoms with van der Waals surface area (Å²) in [6.45, 7) is 3.99. The number of amides is 1. The summed E-state index contributed by atoms with van der Waals surface area (Å²) in [6, 6.07) is 4.63. The van der Waals surface area contributed by atoms with Crippen LogP contribution < -0.4 is 15.8 Å². The highest BCUT2D eigenvalue weighted by Crippen LogP contribution is 2.21.